The van der Waals surface area contributed by atoms with Crippen LogP contribution in [0.15, 0.2) is 30.5 Å². The second-order valence-electron chi connectivity index (χ2n) is 7.04. The largest absolute Gasteiger partial charge is 0.493 e. The van der Waals surface area contributed by atoms with Crippen LogP contribution in [0, 0.1) is 12.8 Å². The highest BCUT2D eigenvalue weighted by molar-refractivity contribution is 5.98. The molecular weight excluding hydrogens is 388 g/mol. The van der Waals surface area contributed by atoms with Gasteiger partial charge in [0.05, 0.1) is 13.7 Å². The molecule has 2 amide bonds. The summed E-state index contributed by atoms with van der Waals surface area (Å²) in [6.45, 7) is 6.59. The van der Waals surface area contributed by atoms with E-state index in [1.165, 1.54) is 11.6 Å². The Morgan fingerprint density at radius 2 is 1.90 bits per heavy atom. The summed E-state index contributed by atoms with van der Waals surface area (Å²) in [6, 6.07) is 6.54. The quantitative estimate of drug-likeness (QED) is 0.569. The Labute approximate surface area is 173 Å². The predicted octanol–water partition coefficient (Wildman–Crippen LogP) is 1.94. The molecule has 0 aliphatic heterocycles. The number of aryl methyl sites for hydroxylation is 1. The van der Waals surface area contributed by atoms with Crippen molar-refractivity contribution in [2.45, 2.75) is 27.2 Å². The third-order valence-electron chi connectivity index (χ3n) is 4.30. The lowest BCUT2D eigenvalue weighted by Crippen LogP contribution is -2.42. The highest BCUT2D eigenvalue weighted by atomic mass is 16.5. The Kier molecular flexibility index (Phi) is 6.45. The Balaban J connectivity index is 1.63. The smallest absolute Gasteiger partial charge is 0.309 e. The second-order valence-corrected chi connectivity index (χ2v) is 7.04. The summed E-state index contributed by atoms with van der Waals surface area (Å²) >= 11 is 0. The zero-order valence-electron chi connectivity index (χ0n) is 17.3. The van der Waals surface area contributed by atoms with Gasteiger partial charge in [0.15, 0.2) is 11.5 Å². The van der Waals surface area contributed by atoms with E-state index in [-0.39, 0.29) is 5.82 Å². The summed E-state index contributed by atoms with van der Waals surface area (Å²) in [6.07, 6.45) is 2.48. The van der Waals surface area contributed by atoms with Gasteiger partial charge >= 0.3 is 5.91 Å². The van der Waals surface area contributed by atoms with E-state index in [0.29, 0.717) is 35.4 Å². The third-order valence-corrected chi connectivity index (χ3v) is 4.30. The second kappa shape index (κ2) is 9.21. The highest BCUT2D eigenvalue weighted by Gasteiger charge is 2.16. The van der Waals surface area contributed by atoms with Crippen LogP contribution in [0.5, 0.6) is 11.5 Å². The Hall–Kier alpha value is -3.69. The standard InChI is InChI=1S/C20H24N6O4/c1-12(2)8-10-30-15-6-5-14(11-16(15)29-4)18(27)23-24-19(28)17-22-20-21-9-7-13(3)26(20)25-17/h5-7,9,11-12H,8,10H2,1-4H3,(H,23,27)(H,24,28). The predicted molar refractivity (Wildman–Crippen MR) is 108 cm³/mol. The number of benzene rings is 1. The first-order valence-electron chi connectivity index (χ1n) is 9.49. The molecule has 1 aromatic carbocycles. The number of hydrogen-bond acceptors (Lipinski definition) is 7. The highest BCUT2D eigenvalue weighted by Crippen LogP contribution is 2.28. The van der Waals surface area contributed by atoms with Gasteiger partial charge in [-0.15, -0.1) is 5.10 Å². The first-order valence-corrected chi connectivity index (χ1v) is 9.49. The number of amides is 2. The maximum absolute atomic E-state index is 12.4. The number of carbonyl (C=O) groups excluding carboxylic acids is 2. The molecule has 3 rings (SSSR count). The lowest BCUT2D eigenvalue weighted by molar-refractivity contribution is 0.0841. The number of hydrogen-bond donors (Lipinski definition) is 2. The fourth-order valence-electron chi connectivity index (χ4n) is 2.58. The Morgan fingerprint density at radius 1 is 1.13 bits per heavy atom. The van der Waals surface area contributed by atoms with E-state index in [4.69, 9.17) is 9.47 Å². The average molecular weight is 412 g/mol. The van der Waals surface area contributed by atoms with Crippen molar-refractivity contribution >= 4 is 17.6 Å². The molecule has 0 aliphatic rings. The van der Waals surface area contributed by atoms with E-state index in [1.54, 1.807) is 30.5 Å². The molecule has 0 spiro atoms. The van der Waals surface area contributed by atoms with Crippen molar-refractivity contribution in [3.05, 3.63) is 47.5 Å². The summed E-state index contributed by atoms with van der Waals surface area (Å²) in [7, 11) is 1.50. The van der Waals surface area contributed by atoms with Crippen LogP contribution in [0.3, 0.4) is 0 Å². The van der Waals surface area contributed by atoms with Crippen LogP contribution in [0.4, 0.5) is 0 Å². The van der Waals surface area contributed by atoms with Crippen molar-refractivity contribution < 1.29 is 19.1 Å². The summed E-state index contributed by atoms with van der Waals surface area (Å²) in [5.74, 6) is 0.513. The molecule has 0 saturated heterocycles. The van der Waals surface area contributed by atoms with Gasteiger partial charge in [0.2, 0.25) is 5.82 Å². The van der Waals surface area contributed by atoms with Crippen LogP contribution < -0.4 is 20.3 Å². The summed E-state index contributed by atoms with van der Waals surface area (Å²) in [5.41, 5.74) is 5.71. The lowest BCUT2D eigenvalue weighted by Gasteiger charge is -2.13. The van der Waals surface area contributed by atoms with Crippen molar-refractivity contribution in [2.75, 3.05) is 13.7 Å². The fourth-order valence-corrected chi connectivity index (χ4v) is 2.58. The number of ether oxygens (including phenoxy) is 2. The van der Waals surface area contributed by atoms with E-state index in [9.17, 15) is 9.59 Å². The molecule has 2 N–H and O–H groups in total. The van der Waals surface area contributed by atoms with Gasteiger partial charge in [-0.05, 0) is 43.5 Å². The van der Waals surface area contributed by atoms with Crippen LogP contribution in [-0.4, -0.2) is 45.1 Å². The fraction of sp³-hybridized carbons (Fsp3) is 0.350. The molecular formula is C20H24N6O4. The normalized spacial score (nSPS) is 10.8. The molecule has 0 aliphatic carbocycles. The van der Waals surface area contributed by atoms with Gasteiger partial charge in [-0.25, -0.2) is 9.50 Å². The summed E-state index contributed by atoms with van der Waals surface area (Å²) < 4.78 is 12.5. The number of rotatable bonds is 7. The number of aromatic nitrogens is 4. The van der Waals surface area contributed by atoms with Crippen molar-refractivity contribution in [1.29, 1.82) is 0 Å². The Bertz CT molecular complexity index is 1060. The van der Waals surface area contributed by atoms with Gasteiger partial charge in [0, 0.05) is 17.5 Å². The van der Waals surface area contributed by atoms with E-state index in [1.807, 2.05) is 6.92 Å². The molecule has 158 valence electrons. The first-order chi connectivity index (χ1) is 14.4. The van der Waals surface area contributed by atoms with E-state index in [0.717, 1.165) is 12.1 Å². The molecule has 0 fully saturated rings. The molecule has 2 heterocycles. The average Bonchev–Trinajstić information content (AvgIpc) is 3.17. The summed E-state index contributed by atoms with van der Waals surface area (Å²) in [5, 5.41) is 4.09. The topological polar surface area (TPSA) is 120 Å². The minimum atomic E-state index is -0.658. The van der Waals surface area contributed by atoms with Crippen LogP contribution in [-0.2, 0) is 0 Å². The van der Waals surface area contributed by atoms with Gasteiger partial charge in [-0.3, -0.25) is 20.4 Å². The van der Waals surface area contributed by atoms with Crippen LogP contribution in [0.25, 0.3) is 5.78 Å². The monoisotopic (exact) mass is 412 g/mol. The molecule has 0 unspecified atom stereocenters. The molecule has 3 aromatic rings. The molecule has 0 bridgehead atoms. The van der Waals surface area contributed by atoms with Crippen molar-refractivity contribution in [2.24, 2.45) is 5.92 Å². The van der Waals surface area contributed by atoms with Crippen molar-refractivity contribution in [3.63, 3.8) is 0 Å². The minimum Gasteiger partial charge on any atom is -0.493 e. The molecule has 10 nitrogen and oxygen atoms in total. The van der Waals surface area contributed by atoms with Gasteiger partial charge < -0.3 is 9.47 Å². The molecule has 2 aromatic heterocycles. The molecule has 0 radical (unpaired) electrons. The molecule has 10 heteroatoms. The van der Waals surface area contributed by atoms with Gasteiger partial charge in [-0.2, -0.15) is 4.98 Å². The third kappa shape index (κ3) is 4.83. The SMILES string of the molecule is COc1cc(C(=O)NNC(=O)c2nc3nccc(C)n3n2)ccc1OCCC(C)C. The first kappa shape index (κ1) is 21.0. The van der Waals surface area contributed by atoms with Crippen molar-refractivity contribution in [1.82, 2.24) is 30.4 Å². The lowest BCUT2D eigenvalue weighted by atomic mass is 10.1. The van der Waals surface area contributed by atoms with Crippen LogP contribution in [0.2, 0.25) is 0 Å². The molecule has 0 saturated carbocycles. The minimum absolute atomic E-state index is 0.108. The maximum atomic E-state index is 12.4. The number of methoxy groups -OCH3 is 1. The van der Waals surface area contributed by atoms with Gasteiger partial charge in [0.1, 0.15) is 0 Å². The summed E-state index contributed by atoms with van der Waals surface area (Å²) in [4.78, 5) is 32.8. The number of hydrazine groups is 1. The zero-order valence-corrected chi connectivity index (χ0v) is 17.3. The van der Waals surface area contributed by atoms with E-state index in [2.05, 4.69) is 39.8 Å². The van der Waals surface area contributed by atoms with E-state index < -0.39 is 11.8 Å². The Morgan fingerprint density at radius 3 is 2.60 bits per heavy atom. The van der Waals surface area contributed by atoms with Crippen LogP contribution in [0.1, 0.15) is 46.9 Å². The van der Waals surface area contributed by atoms with E-state index >= 15 is 0 Å². The zero-order chi connectivity index (χ0) is 21.7. The molecule has 30 heavy (non-hydrogen) atoms. The van der Waals surface area contributed by atoms with Crippen LogP contribution >= 0.6 is 0 Å². The van der Waals surface area contributed by atoms with Gasteiger partial charge in [-0.1, -0.05) is 13.8 Å². The molecule has 0 atom stereocenters. The van der Waals surface area contributed by atoms with Crippen molar-refractivity contribution in [3.8, 4) is 11.5 Å². The number of carbonyl (C=O) groups is 2. The van der Waals surface area contributed by atoms with Gasteiger partial charge in [0.25, 0.3) is 11.7 Å². The number of fused-ring (bicyclic) bond motifs is 1. The number of nitrogens with one attached hydrogen (secondary N) is 2. The maximum Gasteiger partial charge on any atom is 0.309 e. The number of nitrogens with zero attached hydrogens (tertiary/aromatic N) is 4.